The van der Waals surface area contributed by atoms with Crippen LogP contribution in [0.25, 0.3) is 0 Å². The number of ether oxygens (including phenoxy) is 1. The number of carbonyl (C=O) groups is 1. The molecule has 2 fully saturated rings. The van der Waals surface area contributed by atoms with E-state index in [9.17, 15) is 13.2 Å². The first-order valence-electron chi connectivity index (χ1n) is 9.64. The molecular weight excluding hydrogens is 386 g/mol. The Balaban J connectivity index is 1.50. The Labute approximate surface area is 165 Å². The van der Waals surface area contributed by atoms with Crippen molar-refractivity contribution >= 4 is 27.3 Å². The van der Waals surface area contributed by atoms with E-state index in [1.54, 1.807) is 16.4 Å². The van der Waals surface area contributed by atoms with Crippen molar-refractivity contribution in [3.8, 4) is 0 Å². The number of thiophene rings is 1. The molecule has 0 aliphatic carbocycles. The molecule has 27 heavy (non-hydrogen) atoms. The first kappa shape index (κ1) is 20.7. The van der Waals surface area contributed by atoms with Gasteiger partial charge in [0.25, 0.3) is 10.0 Å². The van der Waals surface area contributed by atoms with Crippen LogP contribution in [0.3, 0.4) is 0 Å². The Hall–Kier alpha value is -1.00. The largest absolute Gasteiger partial charge is 0.379 e. The Morgan fingerprint density at radius 1 is 1.19 bits per heavy atom. The minimum absolute atomic E-state index is 0.0705. The van der Waals surface area contributed by atoms with Crippen LogP contribution in [0.1, 0.15) is 31.1 Å². The molecule has 0 saturated carbocycles. The molecule has 0 bridgehead atoms. The molecule has 152 valence electrons. The first-order valence-corrected chi connectivity index (χ1v) is 11.9. The fraction of sp³-hybridized carbons (Fsp3) is 0.722. The third-order valence-corrected chi connectivity index (χ3v) is 8.60. The third-order valence-electron chi connectivity index (χ3n) is 5.14. The standard InChI is InChI=1S/C18H29N3O4S2/c1-15(20-9-11-25-12-10-20)14-19-17(22)13-16-5-6-18(26-16)27(23,24)21-7-3-2-4-8-21/h5-6,15H,2-4,7-14H2,1H3,(H,19,22). The third kappa shape index (κ3) is 5.51. The van der Waals surface area contributed by atoms with Crippen molar-refractivity contribution in [2.24, 2.45) is 0 Å². The van der Waals surface area contributed by atoms with Gasteiger partial charge in [-0.05, 0) is 31.9 Å². The number of hydrogen-bond acceptors (Lipinski definition) is 6. The van der Waals surface area contributed by atoms with Gasteiger partial charge in [0.15, 0.2) is 0 Å². The van der Waals surface area contributed by atoms with Crippen LogP contribution < -0.4 is 5.32 Å². The maximum absolute atomic E-state index is 12.7. The van der Waals surface area contributed by atoms with E-state index in [0.717, 1.165) is 50.4 Å². The lowest BCUT2D eigenvalue weighted by Crippen LogP contribution is -2.47. The summed E-state index contributed by atoms with van der Waals surface area (Å²) in [6, 6.07) is 3.65. The molecule has 7 nitrogen and oxygen atoms in total. The predicted molar refractivity (Wildman–Crippen MR) is 105 cm³/mol. The summed E-state index contributed by atoms with van der Waals surface area (Å²) < 4.78 is 32.6. The quantitative estimate of drug-likeness (QED) is 0.726. The van der Waals surface area contributed by atoms with Gasteiger partial charge in [-0.2, -0.15) is 4.31 Å². The maximum Gasteiger partial charge on any atom is 0.252 e. The molecule has 1 unspecified atom stereocenters. The van der Waals surface area contributed by atoms with Gasteiger partial charge in [-0.15, -0.1) is 11.3 Å². The van der Waals surface area contributed by atoms with E-state index in [4.69, 9.17) is 4.74 Å². The van der Waals surface area contributed by atoms with Gasteiger partial charge < -0.3 is 10.1 Å². The van der Waals surface area contributed by atoms with Gasteiger partial charge >= 0.3 is 0 Å². The van der Waals surface area contributed by atoms with Crippen molar-refractivity contribution in [1.82, 2.24) is 14.5 Å². The lowest BCUT2D eigenvalue weighted by atomic mass is 10.2. The minimum Gasteiger partial charge on any atom is -0.379 e. The summed E-state index contributed by atoms with van der Waals surface area (Å²) >= 11 is 1.21. The van der Waals surface area contributed by atoms with Crippen molar-refractivity contribution < 1.29 is 17.9 Å². The Kier molecular flexibility index (Phi) is 7.27. The van der Waals surface area contributed by atoms with Gasteiger partial charge in [0.2, 0.25) is 5.91 Å². The molecule has 1 amide bonds. The highest BCUT2D eigenvalue weighted by Crippen LogP contribution is 2.27. The molecule has 0 radical (unpaired) electrons. The van der Waals surface area contributed by atoms with Crippen LogP contribution in [0.15, 0.2) is 16.3 Å². The summed E-state index contributed by atoms with van der Waals surface area (Å²) in [6.45, 7) is 7.12. The average molecular weight is 416 g/mol. The van der Waals surface area contributed by atoms with Gasteiger partial charge in [0.1, 0.15) is 4.21 Å². The zero-order valence-corrected chi connectivity index (χ0v) is 17.5. The second-order valence-corrected chi connectivity index (χ2v) is 10.5. The SMILES string of the molecule is CC(CNC(=O)Cc1ccc(S(=O)(=O)N2CCCCC2)s1)N1CCOCC1. The molecule has 2 saturated heterocycles. The molecule has 0 spiro atoms. The van der Waals surface area contributed by atoms with Crippen LogP contribution in [0.2, 0.25) is 0 Å². The highest BCUT2D eigenvalue weighted by molar-refractivity contribution is 7.91. The number of nitrogens with one attached hydrogen (secondary N) is 1. The Morgan fingerprint density at radius 2 is 1.89 bits per heavy atom. The van der Waals surface area contributed by atoms with Gasteiger partial charge in [-0.25, -0.2) is 8.42 Å². The number of rotatable bonds is 7. The fourth-order valence-electron chi connectivity index (χ4n) is 3.45. The summed E-state index contributed by atoms with van der Waals surface area (Å²) in [5.74, 6) is -0.0705. The smallest absolute Gasteiger partial charge is 0.252 e. The summed E-state index contributed by atoms with van der Waals surface area (Å²) in [5.41, 5.74) is 0. The topological polar surface area (TPSA) is 79.0 Å². The molecule has 9 heteroatoms. The molecule has 3 heterocycles. The van der Waals surface area contributed by atoms with Crippen molar-refractivity contribution in [2.75, 3.05) is 45.9 Å². The second-order valence-electron chi connectivity index (χ2n) is 7.16. The minimum atomic E-state index is -3.42. The molecule has 1 aromatic rings. The molecule has 1 N–H and O–H groups in total. The van der Waals surface area contributed by atoms with Gasteiger partial charge in [0.05, 0.1) is 19.6 Å². The number of sulfonamides is 1. The predicted octanol–water partition coefficient (Wildman–Crippen LogP) is 1.30. The summed E-state index contributed by atoms with van der Waals surface area (Å²) in [4.78, 5) is 15.3. The van der Waals surface area contributed by atoms with Crippen molar-refractivity contribution in [2.45, 2.75) is 42.9 Å². The fourth-order valence-corrected chi connectivity index (χ4v) is 6.48. The lowest BCUT2D eigenvalue weighted by Gasteiger charge is -2.32. The number of carbonyl (C=O) groups excluding carboxylic acids is 1. The zero-order valence-electron chi connectivity index (χ0n) is 15.9. The van der Waals surface area contributed by atoms with E-state index in [1.807, 2.05) is 0 Å². The molecule has 0 aromatic carbocycles. The molecule has 3 rings (SSSR count). The zero-order chi connectivity index (χ0) is 19.3. The average Bonchev–Trinajstić information content (AvgIpc) is 3.17. The highest BCUT2D eigenvalue weighted by atomic mass is 32.2. The number of piperidine rings is 1. The second kappa shape index (κ2) is 9.47. The molecule has 2 aliphatic heterocycles. The number of morpholine rings is 1. The Morgan fingerprint density at radius 3 is 2.59 bits per heavy atom. The van der Waals surface area contributed by atoms with Gasteiger partial charge in [-0.3, -0.25) is 9.69 Å². The molecule has 1 atom stereocenters. The van der Waals surface area contributed by atoms with Crippen molar-refractivity contribution in [3.63, 3.8) is 0 Å². The Bertz CT molecular complexity index is 723. The van der Waals surface area contributed by atoms with Crippen molar-refractivity contribution in [3.05, 3.63) is 17.0 Å². The van der Waals surface area contributed by atoms with Crippen LogP contribution >= 0.6 is 11.3 Å². The first-order chi connectivity index (χ1) is 13.0. The maximum atomic E-state index is 12.7. The van der Waals surface area contributed by atoms with E-state index in [2.05, 4.69) is 17.1 Å². The van der Waals surface area contributed by atoms with Crippen LogP contribution in [0, 0.1) is 0 Å². The van der Waals surface area contributed by atoms with Crippen molar-refractivity contribution in [1.29, 1.82) is 0 Å². The number of nitrogens with zero attached hydrogens (tertiary/aromatic N) is 2. The van der Waals surface area contributed by atoms with Crippen LogP contribution in [-0.4, -0.2) is 75.5 Å². The van der Waals surface area contributed by atoms with E-state index in [0.29, 0.717) is 23.8 Å². The van der Waals surface area contributed by atoms with Gasteiger partial charge in [0, 0.05) is 43.6 Å². The monoisotopic (exact) mass is 415 g/mol. The summed E-state index contributed by atoms with van der Waals surface area (Å²) in [7, 11) is -3.42. The van der Waals surface area contributed by atoms with E-state index < -0.39 is 10.0 Å². The molecular formula is C18H29N3O4S2. The van der Waals surface area contributed by atoms with Crippen LogP contribution in [0.4, 0.5) is 0 Å². The van der Waals surface area contributed by atoms with Crippen LogP contribution in [-0.2, 0) is 26.0 Å². The number of amides is 1. The molecule has 1 aromatic heterocycles. The summed E-state index contributed by atoms with van der Waals surface area (Å²) in [5, 5.41) is 2.96. The number of hydrogen-bond donors (Lipinski definition) is 1. The van der Waals surface area contributed by atoms with E-state index in [-0.39, 0.29) is 18.4 Å². The molecule has 2 aliphatic rings. The van der Waals surface area contributed by atoms with Crippen LogP contribution in [0.5, 0.6) is 0 Å². The normalized spacial score (nSPS) is 21.1. The highest BCUT2D eigenvalue weighted by Gasteiger charge is 2.27. The van der Waals surface area contributed by atoms with E-state index >= 15 is 0 Å². The van der Waals surface area contributed by atoms with Gasteiger partial charge in [-0.1, -0.05) is 6.42 Å². The lowest BCUT2D eigenvalue weighted by molar-refractivity contribution is -0.120. The van der Waals surface area contributed by atoms with E-state index in [1.165, 1.54) is 11.3 Å². The summed E-state index contributed by atoms with van der Waals surface area (Å²) in [6.07, 6.45) is 3.14.